The number of carbonyl (C=O) groups is 2. The van der Waals surface area contributed by atoms with Gasteiger partial charge < -0.3 is 20.1 Å². The summed E-state index contributed by atoms with van der Waals surface area (Å²) in [4.78, 5) is 25.1. The molecule has 0 saturated carbocycles. The van der Waals surface area contributed by atoms with Crippen LogP contribution in [0.1, 0.15) is 45.4 Å². The number of carboxylic acids is 1. The molecule has 2 rings (SSSR count). The van der Waals surface area contributed by atoms with Crippen molar-refractivity contribution in [2.45, 2.75) is 57.5 Å². The molecule has 0 spiro atoms. The van der Waals surface area contributed by atoms with Crippen molar-refractivity contribution in [2.24, 2.45) is 5.92 Å². The summed E-state index contributed by atoms with van der Waals surface area (Å²) in [6.07, 6.45) is 5.34. The minimum atomic E-state index is -0.774. The molecule has 2 aliphatic heterocycles. The summed E-state index contributed by atoms with van der Waals surface area (Å²) >= 11 is 0. The Morgan fingerprint density at radius 3 is 2.71 bits per heavy atom. The van der Waals surface area contributed by atoms with Crippen LogP contribution in [0.4, 0.5) is 4.79 Å². The maximum absolute atomic E-state index is 12.2. The number of fused-ring (bicyclic) bond motifs is 2. The summed E-state index contributed by atoms with van der Waals surface area (Å²) in [5, 5.41) is 12.1. The number of nitrogens with zero attached hydrogens (tertiary/aromatic N) is 1. The van der Waals surface area contributed by atoms with Gasteiger partial charge in [-0.3, -0.25) is 4.79 Å². The molecule has 2 saturated heterocycles. The molecular weight excluding hydrogens is 272 g/mol. The maximum atomic E-state index is 12.2. The summed E-state index contributed by atoms with van der Waals surface area (Å²) in [5.74, 6) is -1.16. The normalized spacial score (nSPS) is 27.1. The average molecular weight is 298 g/mol. The zero-order chi connectivity index (χ0) is 15.2. The number of rotatable bonds is 8. The van der Waals surface area contributed by atoms with E-state index in [1.807, 2.05) is 0 Å². The van der Waals surface area contributed by atoms with Gasteiger partial charge in [0.05, 0.1) is 5.92 Å². The van der Waals surface area contributed by atoms with Crippen molar-refractivity contribution < 1.29 is 19.4 Å². The standard InChI is InChI=1S/C15H26N2O4/c1-2-3-8-21-9-4-7-16-15(20)17-11-5-6-13(17)12(10-11)14(18)19/h11-13H,2-10H2,1H3,(H,16,20)(H,18,19). The van der Waals surface area contributed by atoms with E-state index in [1.54, 1.807) is 4.90 Å². The highest BCUT2D eigenvalue weighted by atomic mass is 16.5. The molecule has 3 atom stereocenters. The van der Waals surface area contributed by atoms with Crippen LogP contribution < -0.4 is 5.32 Å². The Labute approximate surface area is 125 Å². The molecule has 0 aromatic carbocycles. The van der Waals surface area contributed by atoms with Gasteiger partial charge in [0, 0.05) is 31.8 Å². The number of urea groups is 1. The number of nitrogens with one attached hydrogen (secondary N) is 1. The number of carbonyl (C=O) groups excluding carboxylic acids is 1. The monoisotopic (exact) mass is 298 g/mol. The van der Waals surface area contributed by atoms with Gasteiger partial charge in [-0.1, -0.05) is 13.3 Å². The van der Waals surface area contributed by atoms with Crippen LogP contribution in [0.15, 0.2) is 0 Å². The Kier molecular flexibility index (Phi) is 5.85. The fraction of sp³-hybridized carbons (Fsp3) is 0.867. The van der Waals surface area contributed by atoms with E-state index in [0.717, 1.165) is 38.7 Å². The molecule has 2 aliphatic rings. The lowest BCUT2D eigenvalue weighted by molar-refractivity contribution is -0.142. The molecule has 0 aromatic heterocycles. The quantitative estimate of drug-likeness (QED) is 0.670. The van der Waals surface area contributed by atoms with Gasteiger partial charge >= 0.3 is 12.0 Å². The summed E-state index contributed by atoms with van der Waals surface area (Å²) in [5.41, 5.74) is 0. The van der Waals surface area contributed by atoms with Crippen LogP contribution in [0.3, 0.4) is 0 Å². The Hall–Kier alpha value is -1.30. The van der Waals surface area contributed by atoms with Gasteiger partial charge in [0.15, 0.2) is 0 Å². The Bertz CT molecular complexity index is 375. The van der Waals surface area contributed by atoms with Gasteiger partial charge in [-0.05, 0) is 32.1 Å². The van der Waals surface area contributed by atoms with Crippen molar-refractivity contribution in [2.75, 3.05) is 19.8 Å². The van der Waals surface area contributed by atoms with Gasteiger partial charge in [0.2, 0.25) is 0 Å². The van der Waals surface area contributed by atoms with Gasteiger partial charge in [-0.2, -0.15) is 0 Å². The van der Waals surface area contributed by atoms with E-state index in [1.165, 1.54) is 0 Å². The molecule has 2 amide bonds. The number of hydrogen-bond donors (Lipinski definition) is 2. The molecule has 3 unspecified atom stereocenters. The first-order chi connectivity index (χ1) is 10.1. The Morgan fingerprint density at radius 1 is 1.29 bits per heavy atom. The van der Waals surface area contributed by atoms with Crippen LogP contribution in [0.2, 0.25) is 0 Å². The van der Waals surface area contributed by atoms with Crippen molar-refractivity contribution in [3.8, 4) is 0 Å². The van der Waals surface area contributed by atoms with Crippen LogP contribution in [-0.2, 0) is 9.53 Å². The highest BCUT2D eigenvalue weighted by Gasteiger charge is 2.51. The van der Waals surface area contributed by atoms with Crippen molar-refractivity contribution in [1.29, 1.82) is 0 Å². The molecule has 2 heterocycles. The second-order valence-electron chi connectivity index (χ2n) is 5.94. The largest absolute Gasteiger partial charge is 0.481 e. The first-order valence-electron chi connectivity index (χ1n) is 8.01. The third-order valence-corrected chi connectivity index (χ3v) is 4.47. The third kappa shape index (κ3) is 3.87. The molecule has 2 fully saturated rings. The van der Waals surface area contributed by atoms with Crippen LogP contribution in [0.25, 0.3) is 0 Å². The van der Waals surface area contributed by atoms with Crippen LogP contribution in [0, 0.1) is 5.92 Å². The van der Waals surface area contributed by atoms with Crippen molar-refractivity contribution >= 4 is 12.0 Å². The topological polar surface area (TPSA) is 78.9 Å². The molecular formula is C15H26N2O4. The number of ether oxygens (including phenoxy) is 1. The lowest BCUT2D eigenvalue weighted by Crippen LogP contribution is -2.44. The van der Waals surface area contributed by atoms with E-state index >= 15 is 0 Å². The van der Waals surface area contributed by atoms with Crippen molar-refractivity contribution in [3.05, 3.63) is 0 Å². The molecule has 0 aliphatic carbocycles. The SMILES string of the molecule is CCCCOCCCNC(=O)N1C2CCC1C(C(=O)O)C2. The van der Waals surface area contributed by atoms with E-state index < -0.39 is 5.97 Å². The molecule has 120 valence electrons. The lowest BCUT2D eigenvalue weighted by Gasteiger charge is -2.23. The predicted molar refractivity (Wildman–Crippen MR) is 78.1 cm³/mol. The van der Waals surface area contributed by atoms with Gasteiger partial charge in [0.1, 0.15) is 0 Å². The molecule has 0 aromatic rings. The van der Waals surface area contributed by atoms with Crippen LogP contribution >= 0.6 is 0 Å². The van der Waals surface area contributed by atoms with Crippen molar-refractivity contribution in [3.63, 3.8) is 0 Å². The summed E-state index contributed by atoms with van der Waals surface area (Å²) in [7, 11) is 0. The summed E-state index contributed by atoms with van der Waals surface area (Å²) in [6.45, 7) is 4.14. The maximum Gasteiger partial charge on any atom is 0.317 e. The third-order valence-electron chi connectivity index (χ3n) is 4.47. The molecule has 2 bridgehead atoms. The second kappa shape index (κ2) is 7.64. The van der Waals surface area contributed by atoms with Crippen LogP contribution in [0.5, 0.6) is 0 Å². The number of amides is 2. The fourth-order valence-corrected chi connectivity index (χ4v) is 3.38. The van der Waals surface area contributed by atoms with E-state index in [2.05, 4.69) is 12.2 Å². The second-order valence-corrected chi connectivity index (χ2v) is 5.94. The Morgan fingerprint density at radius 2 is 2.05 bits per heavy atom. The fourth-order valence-electron chi connectivity index (χ4n) is 3.38. The highest BCUT2D eigenvalue weighted by molar-refractivity contribution is 5.79. The van der Waals surface area contributed by atoms with Crippen LogP contribution in [-0.4, -0.2) is 53.8 Å². The van der Waals surface area contributed by atoms with Gasteiger partial charge in [-0.15, -0.1) is 0 Å². The van der Waals surface area contributed by atoms with E-state index in [4.69, 9.17) is 4.74 Å². The predicted octanol–water partition coefficient (Wildman–Crippen LogP) is 1.84. The van der Waals surface area contributed by atoms with E-state index in [-0.39, 0.29) is 24.0 Å². The minimum absolute atomic E-state index is 0.108. The minimum Gasteiger partial charge on any atom is -0.481 e. The molecule has 0 radical (unpaired) electrons. The number of carboxylic acid groups (broad SMARTS) is 1. The molecule has 21 heavy (non-hydrogen) atoms. The lowest BCUT2D eigenvalue weighted by atomic mass is 9.89. The summed E-state index contributed by atoms with van der Waals surface area (Å²) in [6, 6.07) is -0.120. The number of hydrogen-bond acceptors (Lipinski definition) is 3. The molecule has 2 N–H and O–H groups in total. The number of aliphatic carboxylic acids is 1. The average Bonchev–Trinajstić information content (AvgIpc) is 3.04. The van der Waals surface area contributed by atoms with E-state index in [0.29, 0.717) is 19.6 Å². The molecule has 6 nitrogen and oxygen atoms in total. The zero-order valence-corrected chi connectivity index (χ0v) is 12.7. The zero-order valence-electron chi connectivity index (χ0n) is 12.7. The van der Waals surface area contributed by atoms with E-state index in [9.17, 15) is 14.7 Å². The number of unbranched alkanes of at least 4 members (excludes halogenated alkanes) is 1. The Balaban J connectivity index is 1.66. The highest BCUT2D eigenvalue weighted by Crippen LogP contribution is 2.41. The molecule has 6 heteroatoms. The van der Waals surface area contributed by atoms with Gasteiger partial charge in [0.25, 0.3) is 0 Å². The smallest absolute Gasteiger partial charge is 0.317 e. The first kappa shape index (κ1) is 16.1. The first-order valence-corrected chi connectivity index (χ1v) is 8.01. The van der Waals surface area contributed by atoms with Gasteiger partial charge in [-0.25, -0.2) is 4.79 Å². The summed E-state index contributed by atoms with van der Waals surface area (Å²) < 4.78 is 5.44. The van der Waals surface area contributed by atoms with Crippen molar-refractivity contribution in [1.82, 2.24) is 10.2 Å².